The Labute approximate surface area is 173 Å². The number of hydrogen-bond acceptors (Lipinski definition) is 5. The molecule has 6 nitrogen and oxygen atoms in total. The van der Waals surface area contributed by atoms with Crippen LogP contribution in [0.25, 0.3) is 0 Å². The van der Waals surface area contributed by atoms with Crippen molar-refractivity contribution in [3.8, 4) is 0 Å². The second kappa shape index (κ2) is 9.91. The van der Waals surface area contributed by atoms with E-state index < -0.39 is 4.92 Å². The van der Waals surface area contributed by atoms with E-state index in [2.05, 4.69) is 10.2 Å². The highest BCUT2D eigenvalue weighted by atomic mass is 35.5. The number of carbonyl (C=O) groups is 1. The summed E-state index contributed by atoms with van der Waals surface area (Å²) >= 11 is 7.31. The Kier molecular flexibility index (Phi) is 7.30. The van der Waals surface area contributed by atoms with Crippen LogP contribution >= 0.6 is 23.4 Å². The molecular formula is C20H22ClN3O3S. The van der Waals surface area contributed by atoms with Crippen LogP contribution < -0.4 is 5.32 Å². The molecule has 2 aromatic rings. The number of carbonyl (C=O) groups excluding carboxylic acids is 1. The highest BCUT2D eigenvalue weighted by Gasteiger charge is 2.20. The third-order valence-electron chi connectivity index (χ3n) is 4.69. The Hall–Kier alpha value is -2.09. The van der Waals surface area contributed by atoms with E-state index >= 15 is 0 Å². The summed E-state index contributed by atoms with van der Waals surface area (Å²) < 4.78 is 0. The van der Waals surface area contributed by atoms with Crippen LogP contribution in [0.2, 0.25) is 5.02 Å². The van der Waals surface area contributed by atoms with E-state index in [-0.39, 0.29) is 17.6 Å². The summed E-state index contributed by atoms with van der Waals surface area (Å²) in [4.78, 5) is 25.7. The van der Waals surface area contributed by atoms with E-state index in [9.17, 15) is 14.9 Å². The van der Waals surface area contributed by atoms with Gasteiger partial charge in [-0.2, -0.15) is 0 Å². The minimum atomic E-state index is -0.430. The Morgan fingerprint density at radius 2 is 1.79 bits per heavy atom. The van der Waals surface area contributed by atoms with Crippen molar-refractivity contribution in [3.05, 3.63) is 69.2 Å². The minimum Gasteiger partial charge on any atom is -0.353 e. The van der Waals surface area contributed by atoms with Crippen LogP contribution in [0.15, 0.2) is 53.4 Å². The van der Waals surface area contributed by atoms with E-state index in [1.54, 1.807) is 12.1 Å². The first kappa shape index (κ1) is 20.6. The largest absolute Gasteiger partial charge is 0.353 e. The summed E-state index contributed by atoms with van der Waals surface area (Å²) in [6.07, 6.45) is 1.86. The fourth-order valence-electron chi connectivity index (χ4n) is 3.17. The number of thioether (sulfide) groups is 1. The average molecular weight is 420 g/mol. The number of likely N-dealkylation sites (tertiary alicyclic amines) is 1. The molecule has 2 aromatic carbocycles. The predicted octanol–water partition coefficient (Wildman–Crippen LogP) is 4.12. The molecule has 0 saturated carbocycles. The quantitative estimate of drug-likeness (QED) is 0.415. The second-order valence-electron chi connectivity index (χ2n) is 6.78. The van der Waals surface area contributed by atoms with Crippen molar-refractivity contribution in [2.75, 3.05) is 18.8 Å². The van der Waals surface area contributed by atoms with Gasteiger partial charge in [0.15, 0.2) is 0 Å². The van der Waals surface area contributed by atoms with Crippen LogP contribution in [0, 0.1) is 10.1 Å². The van der Waals surface area contributed by atoms with Crippen molar-refractivity contribution < 1.29 is 9.72 Å². The van der Waals surface area contributed by atoms with Crippen molar-refractivity contribution in [2.24, 2.45) is 0 Å². The lowest BCUT2D eigenvalue weighted by Crippen LogP contribution is -2.44. The van der Waals surface area contributed by atoms with E-state index in [0.717, 1.165) is 42.4 Å². The number of halogens is 1. The third-order valence-corrected chi connectivity index (χ3v) is 5.95. The molecule has 0 unspecified atom stereocenters. The first-order chi connectivity index (χ1) is 13.5. The number of nitrogens with one attached hydrogen (secondary N) is 1. The molecule has 0 bridgehead atoms. The molecule has 0 aliphatic carbocycles. The number of piperidine rings is 1. The van der Waals surface area contributed by atoms with Gasteiger partial charge in [0.25, 0.3) is 5.69 Å². The SMILES string of the molecule is O=C(CSc1ccc([N+](=O)[O-])cc1)NC1CCN(Cc2ccc(Cl)cc2)CC1. The van der Waals surface area contributed by atoms with Gasteiger partial charge in [0.05, 0.1) is 10.7 Å². The van der Waals surface area contributed by atoms with Gasteiger partial charge >= 0.3 is 0 Å². The Morgan fingerprint density at radius 3 is 2.39 bits per heavy atom. The Bertz CT molecular complexity index is 806. The van der Waals surface area contributed by atoms with Gasteiger partial charge in [-0.15, -0.1) is 11.8 Å². The average Bonchev–Trinajstić information content (AvgIpc) is 2.70. The smallest absolute Gasteiger partial charge is 0.269 e. The fourth-order valence-corrected chi connectivity index (χ4v) is 4.00. The van der Waals surface area contributed by atoms with Crippen LogP contribution in [0.1, 0.15) is 18.4 Å². The third kappa shape index (κ3) is 6.22. The first-order valence-corrected chi connectivity index (χ1v) is 10.5. The van der Waals surface area contributed by atoms with Crippen LogP contribution in [-0.4, -0.2) is 40.6 Å². The van der Waals surface area contributed by atoms with E-state index in [1.165, 1.54) is 29.5 Å². The lowest BCUT2D eigenvalue weighted by atomic mass is 10.0. The monoisotopic (exact) mass is 419 g/mol. The molecule has 1 heterocycles. The minimum absolute atomic E-state index is 0.000459. The molecule has 1 aliphatic rings. The summed E-state index contributed by atoms with van der Waals surface area (Å²) in [7, 11) is 0. The zero-order valence-corrected chi connectivity index (χ0v) is 16.9. The molecule has 3 rings (SSSR count). The number of nitro groups is 1. The maximum Gasteiger partial charge on any atom is 0.269 e. The molecule has 0 spiro atoms. The number of nitro benzene ring substituents is 1. The summed E-state index contributed by atoms with van der Waals surface area (Å²) in [6.45, 7) is 2.79. The molecular weight excluding hydrogens is 398 g/mol. The lowest BCUT2D eigenvalue weighted by molar-refractivity contribution is -0.384. The van der Waals surface area contributed by atoms with Crippen molar-refractivity contribution in [3.63, 3.8) is 0 Å². The Balaban J connectivity index is 1.37. The molecule has 1 aliphatic heterocycles. The van der Waals surface area contributed by atoms with Crippen LogP contribution in [-0.2, 0) is 11.3 Å². The second-order valence-corrected chi connectivity index (χ2v) is 8.27. The molecule has 0 radical (unpaired) electrons. The van der Waals surface area contributed by atoms with Gasteiger partial charge in [-0.05, 0) is 42.7 Å². The summed E-state index contributed by atoms with van der Waals surface area (Å²) in [6, 6.07) is 14.4. The standard InChI is InChI=1S/C20H22ClN3O3S/c21-16-3-1-15(2-4-16)13-23-11-9-17(10-12-23)22-20(25)14-28-19-7-5-18(6-8-19)24(26)27/h1-8,17H,9-14H2,(H,22,25). The zero-order chi connectivity index (χ0) is 19.9. The maximum atomic E-state index is 12.2. The van der Waals surface area contributed by atoms with E-state index in [1.807, 2.05) is 24.3 Å². The van der Waals surface area contributed by atoms with E-state index in [4.69, 9.17) is 11.6 Å². The van der Waals surface area contributed by atoms with Gasteiger partial charge in [0, 0.05) is 47.7 Å². The molecule has 148 valence electrons. The maximum absolute atomic E-state index is 12.2. The fraction of sp³-hybridized carbons (Fsp3) is 0.350. The number of hydrogen-bond donors (Lipinski definition) is 1. The number of rotatable bonds is 7. The van der Waals surface area contributed by atoms with Crippen molar-refractivity contribution in [1.29, 1.82) is 0 Å². The highest BCUT2D eigenvalue weighted by molar-refractivity contribution is 8.00. The predicted molar refractivity (Wildman–Crippen MR) is 112 cm³/mol. The van der Waals surface area contributed by atoms with Gasteiger partial charge in [-0.1, -0.05) is 23.7 Å². The lowest BCUT2D eigenvalue weighted by Gasteiger charge is -2.32. The number of nitrogens with zero attached hydrogens (tertiary/aromatic N) is 2. The van der Waals surface area contributed by atoms with Crippen molar-refractivity contribution in [2.45, 2.75) is 30.3 Å². The molecule has 1 N–H and O–H groups in total. The molecule has 1 fully saturated rings. The molecule has 1 saturated heterocycles. The van der Waals surface area contributed by atoms with Crippen LogP contribution in [0.4, 0.5) is 5.69 Å². The number of amides is 1. The van der Waals surface area contributed by atoms with Gasteiger partial charge < -0.3 is 5.32 Å². The van der Waals surface area contributed by atoms with Crippen molar-refractivity contribution in [1.82, 2.24) is 10.2 Å². The van der Waals surface area contributed by atoms with Gasteiger partial charge in [0.2, 0.25) is 5.91 Å². The summed E-state index contributed by atoms with van der Waals surface area (Å²) in [5.74, 6) is 0.308. The first-order valence-electron chi connectivity index (χ1n) is 9.13. The van der Waals surface area contributed by atoms with Crippen LogP contribution in [0.5, 0.6) is 0 Å². The summed E-state index contributed by atoms with van der Waals surface area (Å²) in [5.41, 5.74) is 1.30. The van der Waals surface area contributed by atoms with Crippen molar-refractivity contribution >= 4 is 35.0 Å². The molecule has 1 amide bonds. The molecule has 0 aromatic heterocycles. The van der Waals surface area contributed by atoms with Gasteiger partial charge in [-0.25, -0.2) is 0 Å². The van der Waals surface area contributed by atoms with Gasteiger partial charge in [0.1, 0.15) is 0 Å². The molecule has 0 atom stereocenters. The van der Waals surface area contributed by atoms with Crippen LogP contribution in [0.3, 0.4) is 0 Å². The van der Waals surface area contributed by atoms with Gasteiger partial charge in [-0.3, -0.25) is 19.8 Å². The zero-order valence-electron chi connectivity index (χ0n) is 15.3. The number of non-ortho nitro benzene ring substituents is 1. The number of benzene rings is 2. The Morgan fingerprint density at radius 1 is 1.14 bits per heavy atom. The topological polar surface area (TPSA) is 75.5 Å². The molecule has 8 heteroatoms. The normalized spacial score (nSPS) is 15.3. The summed E-state index contributed by atoms with van der Waals surface area (Å²) in [5, 5.41) is 14.5. The van der Waals surface area contributed by atoms with E-state index in [0.29, 0.717) is 5.75 Å². The highest BCUT2D eigenvalue weighted by Crippen LogP contribution is 2.21. The molecule has 28 heavy (non-hydrogen) atoms.